The molecule has 0 amide bonds. The highest BCUT2D eigenvalue weighted by Gasteiger charge is 2.05. The van der Waals surface area contributed by atoms with Crippen molar-refractivity contribution in [2.45, 2.75) is 26.4 Å². The second kappa shape index (κ2) is 5.61. The van der Waals surface area contributed by atoms with Crippen LogP contribution in [0.15, 0.2) is 36.4 Å². The molecule has 1 unspecified atom stereocenters. The number of aliphatic hydroxyl groups excluding tert-OH is 1. The maximum Gasteiger partial charge on any atom is 0.0597 e. The first-order chi connectivity index (χ1) is 6.70. The van der Waals surface area contributed by atoms with E-state index in [2.05, 4.69) is 12.1 Å². The van der Waals surface area contributed by atoms with E-state index in [9.17, 15) is 5.11 Å². The molecule has 0 aliphatic rings. The first-order valence-electron chi connectivity index (χ1n) is 5.10. The maximum absolute atomic E-state index is 9.55. The normalized spacial score (nSPS) is 13.7. The third-order valence-electron chi connectivity index (χ3n) is 2.26. The molecule has 0 fully saturated rings. The molecule has 0 radical (unpaired) electrons. The Bertz CT molecular complexity index is 275. The van der Waals surface area contributed by atoms with E-state index in [0.717, 1.165) is 6.42 Å². The van der Waals surface area contributed by atoms with Crippen molar-refractivity contribution in [2.24, 2.45) is 5.92 Å². The SMILES string of the molecule is CC(C)C(O)C/C=C/c1ccccc1. The smallest absolute Gasteiger partial charge is 0.0597 e. The molecule has 1 heteroatoms. The van der Waals surface area contributed by atoms with Crippen LogP contribution in [0.25, 0.3) is 6.08 Å². The molecule has 0 saturated heterocycles. The second-order valence-electron chi connectivity index (χ2n) is 3.86. The molecule has 76 valence electrons. The number of benzene rings is 1. The molecular weight excluding hydrogens is 172 g/mol. The van der Waals surface area contributed by atoms with Crippen LogP contribution in [0, 0.1) is 5.92 Å². The van der Waals surface area contributed by atoms with Gasteiger partial charge in [-0.15, -0.1) is 0 Å². The van der Waals surface area contributed by atoms with Crippen LogP contribution in [-0.2, 0) is 0 Å². The minimum atomic E-state index is -0.227. The van der Waals surface area contributed by atoms with E-state index in [1.165, 1.54) is 5.56 Å². The van der Waals surface area contributed by atoms with Gasteiger partial charge in [0.15, 0.2) is 0 Å². The molecule has 1 atom stereocenters. The van der Waals surface area contributed by atoms with E-state index in [-0.39, 0.29) is 6.10 Å². The third-order valence-corrected chi connectivity index (χ3v) is 2.26. The van der Waals surface area contributed by atoms with Crippen LogP contribution >= 0.6 is 0 Å². The average Bonchev–Trinajstić information content (AvgIpc) is 2.19. The van der Waals surface area contributed by atoms with Crippen molar-refractivity contribution in [1.29, 1.82) is 0 Å². The molecule has 0 aliphatic heterocycles. The predicted octanol–water partition coefficient (Wildman–Crippen LogP) is 3.11. The van der Waals surface area contributed by atoms with Crippen LogP contribution in [0.5, 0.6) is 0 Å². The fraction of sp³-hybridized carbons (Fsp3) is 0.385. The number of hydrogen-bond donors (Lipinski definition) is 1. The van der Waals surface area contributed by atoms with Crippen molar-refractivity contribution in [3.63, 3.8) is 0 Å². The lowest BCUT2D eigenvalue weighted by Gasteiger charge is -2.10. The minimum Gasteiger partial charge on any atom is -0.393 e. The Kier molecular flexibility index (Phi) is 4.41. The molecule has 1 nitrogen and oxygen atoms in total. The Balaban J connectivity index is 2.42. The highest BCUT2D eigenvalue weighted by atomic mass is 16.3. The summed E-state index contributed by atoms with van der Waals surface area (Å²) in [6, 6.07) is 10.1. The monoisotopic (exact) mass is 190 g/mol. The van der Waals surface area contributed by atoms with E-state index in [1.54, 1.807) is 0 Å². The molecule has 1 aromatic rings. The molecule has 0 bridgehead atoms. The first kappa shape index (κ1) is 11.0. The summed E-state index contributed by atoms with van der Waals surface area (Å²) in [7, 11) is 0. The lowest BCUT2D eigenvalue weighted by atomic mass is 10.0. The molecule has 14 heavy (non-hydrogen) atoms. The molecular formula is C13H18O. The van der Waals surface area contributed by atoms with E-state index < -0.39 is 0 Å². The van der Waals surface area contributed by atoms with Crippen molar-refractivity contribution in [3.05, 3.63) is 42.0 Å². The van der Waals surface area contributed by atoms with Gasteiger partial charge in [0.1, 0.15) is 0 Å². The average molecular weight is 190 g/mol. The van der Waals surface area contributed by atoms with E-state index in [1.807, 2.05) is 44.2 Å². The summed E-state index contributed by atoms with van der Waals surface area (Å²) in [5.41, 5.74) is 1.18. The Morgan fingerprint density at radius 3 is 2.43 bits per heavy atom. The molecule has 1 rings (SSSR count). The fourth-order valence-electron chi connectivity index (χ4n) is 1.18. The minimum absolute atomic E-state index is 0.227. The summed E-state index contributed by atoms with van der Waals surface area (Å²) >= 11 is 0. The largest absolute Gasteiger partial charge is 0.393 e. The highest BCUT2D eigenvalue weighted by molar-refractivity contribution is 5.48. The topological polar surface area (TPSA) is 20.2 Å². The van der Waals surface area contributed by atoms with Crippen molar-refractivity contribution < 1.29 is 5.11 Å². The van der Waals surface area contributed by atoms with Crippen LogP contribution in [-0.4, -0.2) is 11.2 Å². The zero-order chi connectivity index (χ0) is 10.4. The summed E-state index contributed by atoms with van der Waals surface area (Å²) in [4.78, 5) is 0. The van der Waals surface area contributed by atoms with Gasteiger partial charge in [0, 0.05) is 0 Å². The van der Waals surface area contributed by atoms with Crippen LogP contribution in [0.2, 0.25) is 0 Å². The fourth-order valence-corrected chi connectivity index (χ4v) is 1.18. The molecule has 0 spiro atoms. The van der Waals surface area contributed by atoms with Crippen LogP contribution in [0.4, 0.5) is 0 Å². The number of hydrogen-bond acceptors (Lipinski definition) is 1. The molecule has 0 aromatic heterocycles. The van der Waals surface area contributed by atoms with E-state index in [4.69, 9.17) is 0 Å². The second-order valence-corrected chi connectivity index (χ2v) is 3.86. The van der Waals surface area contributed by atoms with Crippen LogP contribution in [0.3, 0.4) is 0 Å². The van der Waals surface area contributed by atoms with Gasteiger partial charge >= 0.3 is 0 Å². The van der Waals surface area contributed by atoms with Gasteiger partial charge in [-0.2, -0.15) is 0 Å². The van der Waals surface area contributed by atoms with Gasteiger partial charge in [0.25, 0.3) is 0 Å². The Hall–Kier alpha value is -1.08. The van der Waals surface area contributed by atoms with Gasteiger partial charge in [-0.3, -0.25) is 0 Å². The predicted molar refractivity (Wildman–Crippen MR) is 60.9 cm³/mol. The van der Waals surface area contributed by atoms with Crippen molar-refractivity contribution in [3.8, 4) is 0 Å². The van der Waals surface area contributed by atoms with Gasteiger partial charge in [-0.05, 0) is 17.9 Å². The van der Waals surface area contributed by atoms with E-state index in [0.29, 0.717) is 5.92 Å². The van der Waals surface area contributed by atoms with Gasteiger partial charge in [0.2, 0.25) is 0 Å². The number of rotatable bonds is 4. The lowest BCUT2D eigenvalue weighted by Crippen LogP contribution is -2.12. The molecule has 0 heterocycles. The summed E-state index contributed by atoms with van der Waals surface area (Å²) in [6.07, 6.45) is 4.58. The maximum atomic E-state index is 9.55. The van der Waals surface area contributed by atoms with Crippen LogP contribution in [0.1, 0.15) is 25.8 Å². The molecule has 1 N–H and O–H groups in total. The highest BCUT2D eigenvalue weighted by Crippen LogP contribution is 2.08. The van der Waals surface area contributed by atoms with Gasteiger partial charge in [-0.25, -0.2) is 0 Å². The molecule has 0 saturated carbocycles. The van der Waals surface area contributed by atoms with E-state index >= 15 is 0 Å². The number of aliphatic hydroxyl groups is 1. The summed E-state index contributed by atoms with van der Waals surface area (Å²) in [5.74, 6) is 0.329. The standard InChI is InChI=1S/C13H18O/c1-11(2)13(14)10-6-9-12-7-4-3-5-8-12/h3-9,11,13-14H,10H2,1-2H3/b9-6+. The van der Waals surface area contributed by atoms with Crippen molar-refractivity contribution in [2.75, 3.05) is 0 Å². The summed E-state index contributed by atoms with van der Waals surface area (Å²) in [6.45, 7) is 4.06. The van der Waals surface area contributed by atoms with Crippen LogP contribution < -0.4 is 0 Å². The van der Waals surface area contributed by atoms with Gasteiger partial charge in [-0.1, -0.05) is 56.3 Å². The zero-order valence-electron chi connectivity index (χ0n) is 8.85. The van der Waals surface area contributed by atoms with Crippen molar-refractivity contribution >= 4 is 6.08 Å². The molecule has 1 aromatic carbocycles. The zero-order valence-corrected chi connectivity index (χ0v) is 8.85. The summed E-state index contributed by atoms with van der Waals surface area (Å²) < 4.78 is 0. The first-order valence-corrected chi connectivity index (χ1v) is 5.10. The summed E-state index contributed by atoms with van der Waals surface area (Å²) in [5, 5.41) is 9.55. The van der Waals surface area contributed by atoms with Gasteiger partial charge < -0.3 is 5.11 Å². The molecule has 0 aliphatic carbocycles. The quantitative estimate of drug-likeness (QED) is 0.773. The lowest BCUT2D eigenvalue weighted by molar-refractivity contribution is 0.128. The Morgan fingerprint density at radius 1 is 1.21 bits per heavy atom. The Labute approximate surface area is 86.1 Å². The Morgan fingerprint density at radius 2 is 1.86 bits per heavy atom. The third kappa shape index (κ3) is 3.75. The van der Waals surface area contributed by atoms with Gasteiger partial charge in [0.05, 0.1) is 6.10 Å². The van der Waals surface area contributed by atoms with Crippen molar-refractivity contribution in [1.82, 2.24) is 0 Å².